The van der Waals surface area contributed by atoms with Crippen molar-refractivity contribution in [1.82, 2.24) is 29.4 Å². The van der Waals surface area contributed by atoms with Gasteiger partial charge in [-0.25, -0.2) is 24.3 Å². The maximum Gasteiger partial charge on any atom is 0.246 e. The summed E-state index contributed by atoms with van der Waals surface area (Å²) in [6.07, 6.45) is 7.81. The number of imidazole rings is 1. The van der Waals surface area contributed by atoms with Crippen molar-refractivity contribution in [2.75, 3.05) is 5.32 Å². The van der Waals surface area contributed by atoms with Crippen LogP contribution in [0.15, 0.2) is 67.8 Å². The third kappa shape index (κ3) is 6.54. The van der Waals surface area contributed by atoms with E-state index in [-0.39, 0.29) is 23.7 Å². The number of benzene rings is 2. The number of ether oxygens (including phenoxy) is 1. The van der Waals surface area contributed by atoms with Crippen molar-refractivity contribution in [3.8, 4) is 11.5 Å². The molecule has 0 fully saturated rings. The van der Waals surface area contributed by atoms with E-state index in [0.717, 1.165) is 41.6 Å². The van der Waals surface area contributed by atoms with Crippen LogP contribution in [0.1, 0.15) is 51.3 Å². The molecule has 5 rings (SSSR count). The quantitative estimate of drug-likeness (QED) is 0.150. The molecular weight excluding hydrogens is 557 g/mol. The van der Waals surface area contributed by atoms with E-state index in [1.807, 2.05) is 67.6 Å². The van der Waals surface area contributed by atoms with E-state index in [1.54, 1.807) is 12.4 Å². The molecule has 0 saturated carbocycles. The molecule has 0 aliphatic heterocycles. The summed E-state index contributed by atoms with van der Waals surface area (Å²) < 4.78 is 23.4. The average molecular weight is 596 g/mol. The van der Waals surface area contributed by atoms with Crippen molar-refractivity contribution in [1.29, 1.82) is 0 Å². The summed E-state index contributed by atoms with van der Waals surface area (Å²) in [5.74, 6) is 0.830. The molecule has 1 amide bonds. The predicted octanol–water partition coefficient (Wildman–Crippen LogP) is 7.42. The van der Waals surface area contributed by atoms with Gasteiger partial charge in [0.05, 0.1) is 28.6 Å². The first kappa shape index (κ1) is 30.6. The number of nitrogens with one attached hydrogen (secondary N) is 1. The van der Waals surface area contributed by atoms with Crippen molar-refractivity contribution in [2.45, 2.75) is 65.5 Å². The summed E-state index contributed by atoms with van der Waals surface area (Å²) in [4.78, 5) is 32.5. The van der Waals surface area contributed by atoms with Gasteiger partial charge in [0.1, 0.15) is 29.2 Å². The van der Waals surface area contributed by atoms with E-state index in [2.05, 4.69) is 33.8 Å². The standard InChI is InChI=1S/C34H38FN7O2/c1-7-9-24(42(21(3)4)32(43)8-2)12-10-23-11-14-27-33(39-23)34(37-19-36-27)40-28-16-22(5)31(18-26(28)35)44-25-13-15-30-29(17-25)38-20-41(30)6/h8,11,13-21,24H,2,7,9-10,12H2,1,3-6H3,(H,36,37,40). The molecular formula is C34H38FN7O2. The summed E-state index contributed by atoms with van der Waals surface area (Å²) in [5, 5.41) is 3.12. The number of rotatable bonds is 12. The summed E-state index contributed by atoms with van der Waals surface area (Å²) in [6, 6.07) is 12.6. The second kappa shape index (κ2) is 13.2. The fourth-order valence-corrected chi connectivity index (χ4v) is 5.55. The van der Waals surface area contributed by atoms with E-state index in [9.17, 15) is 4.79 Å². The smallest absolute Gasteiger partial charge is 0.246 e. The van der Waals surface area contributed by atoms with Crippen LogP contribution in [0.25, 0.3) is 22.1 Å². The van der Waals surface area contributed by atoms with E-state index in [4.69, 9.17) is 9.72 Å². The number of hydrogen-bond donors (Lipinski definition) is 1. The van der Waals surface area contributed by atoms with Gasteiger partial charge in [0.15, 0.2) is 5.82 Å². The van der Waals surface area contributed by atoms with Crippen LogP contribution in [0, 0.1) is 12.7 Å². The Morgan fingerprint density at radius 1 is 1.11 bits per heavy atom. The lowest BCUT2D eigenvalue weighted by molar-refractivity contribution is -0.130. The van der Waals surface area contributed by atoms with Gasteiger partial charge in [0, 0.05) is 37.0 Å². The highest BCUT2D eigenvalue weighted by atomic mass is 19.1. The van der Waals surface area contributed by atoms with Crippen LogP contribution in [-0.4, -0.2) is 47.4 Å². The molecule has 1 N–H and O–H groups in total. The molecule has 228 valence electrons. The Balaban J connectivity index is 1.36. The van der Waals surface area contributed by atoms with Gasteiger partial charge in [-0.1, -0.05) is 19.9 Å². The Bertz CT molecular complexity index is 1820. The zero-order valence-corrected chi connectivity index (χ0v) is 25.8. The normalized spacial score (nSPS) is 12.1. The number of aryl methyl sites for hydroxylation is 3. The van der Waals surface area contributed by atoms with Gasteiger partial charge in [0.2, 0.25) is 5.91 Å². The predicted molar refractivity (Wildman–Crippen MR) is 172 cm³/mol. The molecule has 0 saturated heterocycles. The maximum atomic E-state index is 15.4. The van der Waals surface area contributed by atoms with Gasteiger partial charge in [-0.3, -0.25) is 4.79 Å². The molecule has 10 heteroatoms. The number of aromatic nitrogens is 5. The van der Waals surface area contributed by atoms with Gasteiger partial charge < -0.3 is 19.5 Å². The molecule has 1 atom stereocenters. The number of nitrogens with zero attached hydrogens (tertiary/aromatic N) is 6. The Labute approximate surface area is 256 Å². The number of carbonyl (C=O) groups excluding carboxylic acids is 1. The molecule has 0 spiro atoms. The van der Waals surface area contributed by atoms with Crippen LogP contribution in [0.2, 0.25) is 0 Å². The fourth-order valence-electron chi connectivity index (χ4n) is 5.55. The number of fused-ring (bicyclic) bond motifs is 2. The van der Waals surface area contributed by atoms with E-state index >= 15 is 4.39 Å². The number of carbonyl (C=O) groups is 1. The van der Waals surface area contributed by atoms with Crippen molar-refractivity contribution in [3.05, 3.63) is 84.8 Å². The number of pyridine rings is 1. The van der Waals surface area contributed by atoms with Crippen LogP contribution < -0.4 is 10.1 Å². The van der Waals surface area contributed by atoms with Gasteiger partial charge in [-0.2, -0.15) is 0 Å². The molecule has 3 heterocycles. The van der Waals surface area contributed by atoms with Crippen molar-refractivity contribution in [3.63, 3.8) is 0 Å². The van der Waals surface area contributed by atoms with Gasteiger partial charge in [-0.15, -0.1) is 0 Å². The van der Waals surface area contributed by atoms with E-state index < -0.39 is 5.82 Å². The highest BCUT2D eigenvalue weighted by Crippen LogP contribution is 2.33. The second-order valence-electron chi connectivity index (χ2n) is 11.2. The largest absolute Gasteiger partial charge is 0.457 e. The number of amides is 1. The van der Waals surface area contributed by atoms with Crippen molar-refractivity contribution >= 4 is 39.5 Å². The molecule has 3 aromatic heterocycles. The molecule has 9 nitrogen and oxygen atoms in total. The summed E-state index contributed by atoms with van der Waals surface area (Å²) in [6.45, 7) is 11.7. The van der Waals surface area contributed by atoms with E-state index in [1.165, 1.54) is 18.5 Å². The molecule has 1 unspecified atom stereocenters. The Morgan fingerprint density at radius 3 is 2.68 bits per heavy atom. The third-order valence-corrected chi connectivity index (χ3v) is 7.72. The van der Waals surface area contributed by atoms with Crippen LogP contribution in [0.5, 0.6) is 11.5 Å². The fraction of sp³-hybridized carbons (Fsp3) is 0.324. The van der Waals surface area contributed by atoms with Crippen molar-refractivity contribution < 1.29 is 13.9 Å². The Kier molecular flexibility index (Phi) is 9.18. The number of hydrogen-bond acceptors (Lipinski definition) is 7. The molecule has 5 aromatic rings. The lowest BCUT2D eigenvalue weighted by atomic mass is 10.0. The Morgan fingerprint density at radius 2 is 1.93 bits per heavy atom. The first-order valence-corrected chi connectivity index (χ1v) is 14.9. The molecule has 0 aliphatic rings. The van der Waals surface area contributed by atoms with Crippen molar-refractivity contribution in [2.24, 2.45) is 7.05 Å². The average Bonchev–Trinajstić information content (AvgIpc) is 3.37. The van der Waals surface area contributed by atoms with Crippen LogP contribution >= 0.6 is 0 Å². The maximum absolute atomic E-state index is 15.4. The van der Waals surface area contributed by atoms with Crippen LogP contribution in [0.3, 0.4) is 0 Å². The number of halogens is 1. The van der Waals surface area contributed by atoms with Gasteiger partial charge in [0.25, 0.3) is 0 Å². The van der Waals surface area contributed by atoms with E-state index in [0.29, 0.717) is 34.8 Å². The van der Waals surface area contributed by atoms with Gasteiger partial charge in [-0.05, 0) is 82.0 Å². The highest BCUT2D eigenvalue weighted by Gasteiger charge is 2.24. The summed E-state index contributed by atoms with van der Waals surface area (Å²) >= 11 is 0. The summed E-state index contributed by atoms with van der Waals surface area (Å²) in [5.41, 5.74) is 4.80. The minimum atomic E-state index is -0.490. The molecule has 2 aromatic carbocycles. The first-order chi connectivity index (χ1) is 21.2. The first-order valence-electron chi connectivity index (χ1n) is 14.9. The number of anilines is 2. The molecule has 0 radical (unpaired) electrons. The second-order valence-corrected chi connectivity index (χ2v) is 11.2. The lowest BCUT2D eigenvalue weighted by Crippen LogP contribution is -2.44. The summed E-state index contributed by atoms with van der Waals surface area (Å²) in [7, 11) is 1.93. The van der Waals surface area contributed by atoms with Crippen LogP contribution in [0.4, 0.5) is 15.9 Å². The lowest BCUT2D eigenvalue weighted by Gasteiger charge is -2.34. The molecule has 0 aliphatic carbocycles. The topological polar surface area (TPSA) is 98.1 Å². The minimum Gasteiger partial charge on any atom is -0.457 e. The third-order valence-electron chi connectivity index (χ3n) is 7.72. The minimum absolute atomic E-state index is 0.0607. The highest BCUT2D eigenvalue weighted by molar-refractivity contribution is 5.88. The molecule has 0 bridgehead atoms. The zero-order chi connectivity index (χ0) is 31.4. The Hall–Kier alpha value is -4.86. The van der Waals surface area contributed by atoms with Gasteiger partial charge >= 0.3 is 0 Å². The molecule has 44 heavy (non-hydrogen) atoms. The SMILES string of the molecule is C=CC(=O)N(C(C)C)C(CCC)CCc1ccc2ncnc(Nc3cc(C)c(Oc4ccc5c(c4)ncn5C)cc3F)c2n1. The monoisotopic (exact) mass is 595 g/mol. The zero-order valence-electron chi connectivity index (χ0n) is 25.8. The van der Waals surface area contributed by atoms with Crippen LogP contribution in [-0.2, 0) is 18.3 Å².